The van der Waals surface area contributed by atoms with Crippen molar-refractivity contribution < 1.29 is 4.74 Å². The Morgan fingerprint density at radius 1 is 1.26 bits per heavy atom. The van der Waals surface area contributed by atoms with E-state index in [1.165, 1.54) is 28.2 Å². The number of aryl methyl sites for hydroxylation is 1. The van der Waals surface area contributed by atoms with Crippen LogP contribution < -0.4 is 10.1 Å². The highest BCUT2D eigenvalue weighted by Crippen LogP contribution is 2.28. The largest absolute Gasteiger partial charge is 0.493 e. The van der Waals surface area contributed by atoms with Gasteiger partial charge in [-0.25, -0.2) is 0 Å². The van der Waals surface area contributed by atoms with Crippen molar-refractivity contribution in [2.45, 2.75) is 26.8 Å². The van der Waals surface area contributed by atoms with Crippen LogP contribution in [0, 0.1) is 13.8 Å². The summed E-state index contributed by atoms with van der Waals surface area (Å²) < 4.78 is 7.75. The smallest absolute Gasteiger partial charge is 0.122 e. The zero-order valence-corrected chi connectivity index (χ0v) is 11.8. The van der Waals surface area contributed by atoms with E-state index < -0.39 is 0 Å². The van der Waals surface area contributed by atoms with Crippen molar-refractivity contribution in [2.24, 2.45) is 7.05 Å². The maximum atomic E-state index is 5.52. The predicted molar refractivity (Wildman–Crippen MR) is 77.9 cm³/mol. The first-order valence-corrected chi connectivity index (χ1v) is 6.76. The number of nitrogens with one attached hydrogen (secondary N) is 1. The minimum Gasteiger partial charge on any atom is -0.493 e. The molecule has 0 saturated heterocycles. The third-order valence-electron chi connectivity index (χ3n) is 4.05. The molecule has 0 spiro atoms. The van der Waals surface area contributed by atoms with Crippen LogP contribution in [-0.2, 0) is 20.0 Å². The van der Waals surface area contributed by atoms with Crippen LogP contribution in [0.2, 0.25) is 0 Å². The summed E-state index contributed by atoms with van der Waals surface area (Å²) in [4.78, 5) is 0. The van der Waals surface area contributed by atoms with E-state index in [9.17, 15) is 0 Å². The lowest BCUT2D eigenvalue weighted by Crippen LogP contribution is -2.01. The predicted octanol–water partition coefficient (Wildman–Crippen LogP) is 3.19. The Labute approximate surface area is 114 Å². The fraction of sp³-hybridized carbons (Fsp3) is 0.375. The SMILES string of the molecule is Cc1cc(CNc2ccc3c(c2)CCO3)c(C)n1C. The Morgan fingerprint density at radius 3 is 2.84 bits per heavy atom. The quantitative estimate of drug-likeness (QED) is 0.912. The molecule has 1 aromatic carbocycles. The summed E-state index contributed by atoms with van der Waals surface area (Å²) in [5.74, 6) is 1.04. The van der Waals surface area contributed by atoms with Crippen LogP contribution in [-0.4, -0.2) is 11.2 Å². The molecule has 1 aliphatic heterocycles. The maximum Gasteiger partial charge on any atom is 0.122 e. The van der Waals surface area contributed by atoms with Gasteiger partial charge in [0, 0.05) is 37.1 Å². The molecule has 1 N–H and O–H groups in total. The summed E-state index contributed by atoms with van der Waals surface area (Å²) in [7, 11) is 2.11. The lowest BCUT2D eigenvalue weighted by atomic mass is 10.1. The summed E-state index contributed by atoms with van der Waals surface area (Å²) in [5, 5.41) is 3.50. The number of benzene rings is 1. The highest BCUT2D eigenvalue weighted by Gasteiger charge is 2.12. The summed E-state index contributed by atoms with van der Waals surface area (Å²) in [6.45, 7) is 5.99. The second-order valence-electron chi connectivity index (χ2n) is 5.23. The van der Waals surface area contributed by atoms with E-state index in [1.807, 2.05) is 0 Å². The number of hydrogen-bond donors (Lipinski definition) is 1. The van der Waals surface area contributed by atoms with Gasteiger partial charge in [0.15, 0.2) is 0 Å². The lowest BCUT2D eigenvalue weighted by molar-refractivity contribution is 0.357. The number of rotatable bonds is 3. The van der Waals surface area contributed by atoms with Crippen LogP contribution in [0.25, 0.3) is 0 Å². The van der Waals surface area contributed by atoms with Gasteiger partial charge in [-0.2, -0.15) is 0 Å². The minimum absolute atomic E-state index is 0.815. The van der Waals surface area contributed by atoms with Gasteiger partial charge in [-0.3, -0.25) is 0 Å². The second-order valence-corrected chi connectivity index (χ2v) is 5.23. The standard InChI is InChI=1S/C16H20N2O/c1-11-8-14(12(2)18(11)3)10-17-15-4-5-16-13(9-15)6-7-19-16/h4-5,8-9,17H,6-7,10H2,1-3H3. The average Bonchev–Trinajstić information content (AvgIpc) is 2.96. The van der Waals surface area contributed by atoms with Crippen molar-refractivity contribution in [3.05, 3.63) is 46.8 Å². The topological polar surface area (TPSA) is 26.2 Å². The Kier molecular flexibility index (Phi) is 2.97. The molecule has 2 heterocycles. The second kappa shape index (κ2) is 4.65. The number of fused-ring (bicyclic) bond motifs is 1. The van der Waals surface area contributed by atoms with E-state index in [4.69, 9.17) is 4.74 Å². The van der Waals surface area contributed by atoms with Crippen molar-refractivity contribution in [3.8, 4) is 5.75 Å². The van der Waals surface area contributed by atoms with Gasteiger partial charge in [0.05, 0.1) is 6.61 Å². The van der Waals surface area contributed by atoms with Crippen molar-refractivity contribution in [1.29, 1.82) is 0 Å². The zero-order valence-electron chi connectivity index (χ0n) is 11.8. The van der Waals surface area contributed by atoms with Crippen LogP contribution in [0.4, 0.5) is 5.69 Å². The van der Waals surface area contributed by atoms with E-state index >= 15 is 0 Å². The van der Waals surface area contributed by atoms with Gasteiger partial charge >= 0.3 is 0 Å². The van der Waals surface area contributed by atoms with Crippen LogP contribution in [0.15, 0.2) is 24.3 Å². The molecule has 0 saturated carbocycles. The molecule has 1 aliphatic rings. The summed E-state index contributed by atoms with van der Waals surface area (Å²) in [6.07, 6.45) is 1.02. The van der Waals surface area contributed by atoms with Crippen molar-refractivity contribution in [1.82, 2.24) is 4.57 Å². The first-order valence-electron chi connectivity index (χ1n) is 6.76. The van der Waals surface area contributed by atoms with Gasteiger partial charge in [0.1, 0.15) is 5.75 Å². The maximum absolute atomic E-state index is 5.52. The Morgan fingerprint density at radius 2 is 2.11 bits per heavy atom. The molecule has 3 heteroatoms. The van der Waals surface area contributed by atoms with Crippen LogP contribution in [0.3, 0.4) is 0 Å². The highest BCUT2D eigenvalue weighted by atomic mass is 16.5. The third kappa shape index (κ3) is 2.21. The van der Waals surface area contributed by atoms with Gasteiger partial charge in [0.25, 0.3) is 0 Å². The molecule has 3 nitrogen and oxygen atoms in total. The normalized spacial score (nSPS) is 13.2. The molecule has 1 aromatic heterocycles. The lowest BCUT2D eigenvalue weighted by Gasteiger charge is -2.08. The average molecular weight is 256 g/mol. The van der Waals surface area contributed by atoms with E-state index in [2.05, 4.69) is 55.0 Å². The van der Waals surface area contributed by atoms with E-state index in [0.717, 1.165) is 25.3 Å². The molecule has 100 valence electrons. The molecule has 19 heavy (non-hydrogen) atoms. The van der Waals surface area contributed by atoms with Crippen LogP contribution in [0.1, 0.15) is 22.5 Å². The molecule has 0 radical (unpaired) electrons. The number of aromatic nitrogens is 1. The highest BCUT2D eigenvalue weighted by molar-refractivity contribution is 5.52. The van der Waals surface area contributed by atoms with Gasteiger partial charge in [-0.15, -0.1) is 0 Å². The van der Waals surface area contributed by atoms with Gasteiger partial charge in [-0.05, 0) is 49.2 Å². The van der Waals surface area contributed by atoms with E-state index in [-0.39, 0.29) is 0 Å². The van der Waals surface area contributed by atoms with Crippen molar-refractivity contribution in [2.75, 3.05) is 11.9 Å². The molecule has 0 fully saturated rings. The molecule has 2 aromatic rings. The molecule has 0 aliphatic carbocycles. The molecule has 0 unspecified atom stereocenters. The first-order chi connectivity index (χ1) is 9.15. The Balaban J connectivity index is 1.74. The molecule has 0 bridgehead atoms. The number of hydrogen-bond acceptors (Lipinski definition) is 2. The number of ether oxygens (including phenoxy) is 1. The van der Waals surface area contributed by atoms with Crippen LogP contribution >= 0.6 is 0 Å². The minimum atomic E-state index is 0.815. The van der Waals surface area contributed by atoms with E-state index in [0.29, 0.717) is 0 Å². The molecule has 0 amide bonds. The fourth-order valence-electron chi connectivity index (χ4n) is 2.61. The van der Waals surface area contributed by atoms with Crippen LogP contribution in [0.5, 0.6) is 5.75 Å². The summed E-state index contributed by atoms with van der Waals surface area (Å²) in [6, 6.07) is 8.61. The molecular formula is C16H20N2O. The van der Waals surface area contributed by atoms with Crippen molar-refractivity contribution >= 4 is 5.69 Å². The summed E-state index contributed by atoms with van der Waals surface area (Å²) >= 11 is 0. The fourth-order valence-corrected chi connectivity index (χ4v) is 2.61. The Bertz CT molecular complexity index is 613. The monoisotopic (exact) mass is 256 g/mol. The first kappa shape index (κ1) is 12.2. The van der Waals surface area contributed by atoms with Crippen molar-refractivity contribution in [3.63, 3.8) is 0 Å². The van der Waals surface area contributed by atoms with E-state index in [1.54, 1.807) is 0 Å². The Hall–Kier alpha value is -1.90. The van der Waals surface area contributed by atoms with Gasteiger partial charge in [-0.1, -0.05) is 0 Å². The van der Waals surface area contributed by atoms with Gasteiger partial charge < -0.3 is 14.6 Å². The zero-order chi connectivity index (χ0) is 13.4. The third-order valence-corrected chi connectivity index (χ3v) is 4.05. The van der Waals surface area contributed by atoms with Gasteiger partial charge in [0.2, 0.25) is 0 Å². The molecule has 0 atom stereocenters. The summed E-state index contributed by atoms with van der Waals surface area (Å²) in [5.41, 5.74) is 6.47. The number of anilines is 1. The number of nitrogens with zero attached hydrogens (tertiary/aromatic N) is 1. The molecule has 3 rings (SSSR count). The molecular weight excluding hydrogens is 236 g/mol.